The van der Waals surface area contributed by atoms with Gasteiger partial charge in [0.1, 0.15) is 11.2 Å². The molecule has 4 rings (SSSR count). The molecule has 0 spiro atoms. The van der Waals surface area contributed by atoms with Crippen LogP contribution in [0.25, 0.3) is 0 Å². The lowest BCUT2D eigenvalue weighted by atomic mass is 9.92. The maximum Gasteiger partial charge on any atom is 0.359 e. The number of esters is 1. The molecule has 1 N–H and O–H groups in total. The Morgan fingerprint density at radius 2 is 1.94 bits per heavy atom. The Bertz CT molecular complexity index is 1050. The zero-order valence-electron chi connectivity index (χ0n) is 18.4. The van der Waals surface area contributed by atoms with Crippen molar-refractivity contribution in [3.8, 4) is 0 Å². The minimum atomic E-state index is -1.18. The van der Waals surface area contributed by atoms with Gasteiger partial charge in [-0.05, 0) is 45.2 Å². The lowest BCUT2D eigenvalue weighted by Crippen LogP contribution is -2.65. The molecule has 31 heavy (non-hydrogen) atoms. The van der Waals surface area contributed by atoms with E-state index < -0.39 is 17.4 Å². The molecule has 1 atom stereocenters. The standard InChI is InChI=1S/C23H28N4O4/c1-14-9-10-17(15(2)11-14)27-20(28)19-18(21(29)31-4)24-13-26(19)12-23(27,3)22(30)25-16-7-5-6-8-16/h9-11,13,16H,5-8,12H2,1-4H3,(H,25,30)/t23-/m1/s1. The number of nitrogens with zero attached hydrogens (tertiary/aromatic N) is 3. The summed E-state index contributed by atoms with van der Waals surface area (Å²) in [7, 11) is 1.25. The van der Waals surface area contributed by atoms with E-state index in [2.05, 4.69) is 10.3 Å². The molecule has 1 aromatic carbocycles. The molecular formula is C23H28N4O4. The smallest absolute Gasteiger partial charge is 0.359 e. The Balaban J connectivity index is 1.83. The number of fused-ring (bicyclic) bond motifs is 1. The van der Waals surface area contributed by atoms with Crippen LogP contribution in [-0.4, -0.2) is 46.0 Å². The fraction of sp³-hybridized carbons (Fsp3) is 0.478. The molecule has 2 heterocycles. The topological polar surface area (TPSA) is 93.5 Å². The van der Waals surface area contributed by atoms with Gasteiger partial charge >= 0.3 is 5.97 Å². The number of amides is 2. The maximum absolute atomic E-state index is 13.8. The largest absolute Gasteiger partial charge is 0.464 e. The van der Waals surface area contributed by atoms with E-state index in [9.17, 15) is 14.4 Å². The molecule has 0 bridgehead atoms. The van der Waals surface area contributed by atoms with E-state index in [1.807, 2.05) is 32.0 Å². The maximum atomic E-state index is 13.8. The summed E-state index contributed by atoms with van der Waals surface area (Å²) in [5, 5.41) is 3.15. The van der Waals surface area contributed by atoms with E-state index in [0.717, 1.165) is 36.8 Å². The van der Waals surface area contributed by atoms with Crippen LogP contribution in [0.4, 0.5) is 5.69 Å². The second-order valence-electron chi connectivity index (χ2n) is 8.72. The zero-order valence-corrected chi connectivity index (χ0v) is 18.4. The third-order valence-electron chi connectivity index (χ3n) is 6.37. The fourth-order valence-electron chi connectivity index (χ4n) is 4.72. The second kappa shape index (κ2) is 7.83. The van der Waals surface area contributed by atoms with Crippen LogP contribution in [0.15, 0.2) is 24.5 Å². The van der Waals surface area contributed by atoms with Crippen molar-refractivity contribution >= 4 is 23.5 Å². The molecule has 0 saturated heterocycles. The minimum absolute atomic E-state index is 0.0412. The van der Waals surface area contributed by atoms with Crippen molar-refractivity contribution < 1.29 is 19.1 Å². The van der Waals surface area contributed by atoms with Gasteiger partial charge < -0.3 is 14.6 Å². The molecule has 1 fully saturated rings. The molecule has 1 saturated carbocycles. The lowest BCUT2D eigenvalue weighted by molar-refractivity contribution is -0.127. The van der Waals surface area contributed by atoms with Gasteiger partial charge in [-0.3, -0.25) is 14.5 Å². The van der Waals surface area contributed by atoms with Gasteiger partial charge in [-0.25, -0.2) is 9.78 Å². The van der Waals surface area contributed by atoms with E-state index in [1.165, 1.54) is 18.3 Å². The quantitative estimate of drug-likeness (QED) is 0.762. The van der Waals surface area contributed by atoms with Gasteiger partial charge in [0, 0.05) is 11.7 Å². The normalized spacial score (nSPS) is 21.2. The van der Waals surface area contributed by atoms with Crippen molar-refractivity contribution in [2.45, 2.75) is 64.6 Å². The average Bonchev–Trinajstić information content (AvgIpc) is 3.38. The van der Waals surface area contributed by atoms with Gasteiger partial charge in [0.15, 0.2) is 5.69 Å². The Labute approximate surface area is 181 Å². The SMILES string of the molecule is COC(=O)c1ncn2c1C(=O)N(c1ccc(C)cc1C)[C@@](C)(C(=O)NC1CCCC1)C2. The lowest BCUT2D eigenvalue weighted by Gasteiger charge is -2.44. The number of benzene rings is 1. The molecule has 0 unspecified atom stereocenters. The Hall–Kier alpha value is -3.16. The number of hydrogen-bond donors (Lipinski definition) is 1. The summed E-state index contributed by atoms with van der Waals surface area (Å²) in [6.45, 7) is 5.85. The number of carbonyl (C=O) groups is 3. The number of aryl methyl sites for hydroxylation is 2. The van der Waals surface area contributed by atoms with Crippen LogP contribution >= 0.6 is 0 Å². The van der Waals surface area contributed by atoms with Crippen molar-refractivity contribution in [3.05, 3.63) is 47.0 Å². The second-order valence-corrected chi connectivity index (χ2v) is 8.72. The van der Waals surface area contributed by atoms with Crippen molar-refractivity contribution in [3.63, 3.8) is 0 Å². The average molecular weight is 425 g/mol. The highest BCUT2D eigenvalue weighted by molar-refractivity contribution is 6.15. The van der Waals surface area contributed by atoms with Crippen molar-refractivity contribution in [1.29, 1.82) is 0 Å². The summed E-state index contributed by atoms with van der Waals surface area (Å²) in [5.74, 6) is -1.33. The van der Waals surface area contributed by atoms with Crippen molar-refractivity contribution in [1.82, 2.24) is 14.9 Å². The monoisotopic (exact) mass is 424 g/mol. The molecule has 164 valence electrons. The van der Waals surface area contributed by atoms with E-state index >= 15 is 0 Å². The number of ether oxygens (including phenoxy) is 1. The summed E-state index contributed by atoms with van der Waals surface area (Å²) >= 11 is 0. The van der Waals surface area contributed by atoms with Crippen LogP contribution < -0.4 is 10.2 Å². The third-order valence-corrected chi connectivity index (χ3v) is 6.37. The van der Waals surface area contributed by atoms with Crippen LogP contribution in [0.5, 0.6) is 0 Å². The Morgan fingerprint density at radius 3 is 2.58 bits per heavy atom. The number of rotatable bonds is 4. The molecule has 2 aliphatic rings. The summed E-state index contributed by atoms with van der Waals surface area (Å²) < 4.78 is 6.40. The predicted octanol–water partition coefficient (Wildman–Crippen LogP) is 2.76. The first-order valence-corrected chi connectivity index (χ1v) is 10.6. The summed E-state index contributed by atoms with van der Waals surface area (Å²) in [6.07, 6.45) is 5.51. The number of methoxy groups -OCH3 is 1. The van der Waals surface area contributed by atoms with Gasteiger partial charge in [-0.1, -0.05) is 30.5 Å². The number of hydrogen-bond acceptors (Lipinski definition) is 5. The highest BCUT2D eigenvalue weighted by atomic mass is 16.5. The highest BCUT2D eigenvalue weighted by Crippen LogP contribution is 2.36. The van der Waals surface area contributed by atoms with Gasteiger partial charge in [-0.15, -0.1) is 0 Å². The van der Waals surface area contributed by atoms with E-state index in [-0.39, 0.29) is 29.9 Å². The molecular weight excluding hydrogens is 396 g/mol. The first-order chi connectivity index (χ1) is 14.8. The van der Waals surface area contributed by atoms with Gasteiger partial charge in [0.25, 0.3) is 5.91 Å². The predicted molar refractivity (Wildman–Crippen MR) is 115 cm³/mol. The Morgan fingerprint density at radius 1 is 1.23 bits per heavy atom. The first-order valence-electron chi connectivity index (χ1n) is 10.6. The van der Waals surface area contributed by atoms with Gasteiger partial charge in [0.2, 0.25) is 5.91 Å². The number of anilines is 1. The van der Waals surface area contributed by atoms with Crippen LogP contribution in [-0.2, 0) is 16.1 Å². The van der Waals surface area contributed by atoms with Gasteiger partial charge in [0.05, 0.1) is 20.0 Å². The number of carbonyl (C=O) groups excluding carboxylic acids is 3. The fourth-order valence-corrected chi connectivity index (χ4v) is 4.72. The van der Waals surface area contributed by atoms with Crippen LogP contribution in [0.1, 0.15) is 64.7 Å². The minimum Gasteiger partial charge on any atom is -0.464 e. The summed E-state index contributed by atoms with van der Waals surface area (Å²) in [6, 6.07) is 5.87. The summed E-state index contributed by atoms with van der Waals surface area (Å²) in [5.41, 5.74) is 1.49. The third kappa shape index (κ3) is 3.49. The molecule has 2 amide bonds. The number of nitrogens with one attached hydrogen (secondary N) is 1. The zero-order chi connectivity index (χ0) is 22.3. The molecule has 1 aromatic heterocycles. The van der Waals surface area contributed by atoms with E-state index in [4.69, 9.17) is 4.74 Å². The molecule has 8 nitrogen and oxygen atoms in total. The molecule has 1 aliphatic carbocycles. The van der Waals surface area contributed by atoms with Crippen LogP contribution in [0.3, 0.4) is 0 Å². The first kappa shape index (κ1) is 21.1. The van der Waals surface area contributed by atoms with E-state index in [1.54, 1.807) is 11.5 Å². The van der Waals surface area contributed by atoms with Gasteiger partial charge in [-0.2, -0.15) is 0 Å². The molecule has 1 aliphatic heterocycles. The van der Waals surface area contributed by atoms with Crippen LogP contribution in [0, 0.1) is 13.8 Å². The number of imidazole rings is 1. The Kier molecular flexibility index (Phi) is 5.33. The summed E-state index contributed by atoms with van der Waals surface area (Å²) in [4.78, 5) is 45.2. The number of aromatic nitrogens is 2. The van der Waals surface area contributed by atoms with Crippen LogP contribution in [0.2, 0.25) is 0 Å². The van der Waals surface area contributed by atoms with Crippen molar-refractivity contribution in [2.24, 2.45) is 0 Å². The molecule has 0 radical (unpaired) electrons. The highest BCUT2D eigenvalue weighted by Gasteiger charge is 2.50. The van der Waals surface area contributed by atoms with E-state index in [0.29, 0.717) is 5.69 Å². The van der Waals surface area contributed by atoms with Crippen molar-refractivity contribution in [2.75, 3.05) is 12.0 Å². The molecule has 8 heteroatoms. The molecule has 2 aromatic rings.